The van der Waals surface area contributed by atoms with Crippen molar-refractivity contribution >= 4 is 27.8 Å². The van der Waals surface area contributed by atoms with Crippen LogP contribution < -0.4 is 5.32 Å². The molecule has 0 aliphatic rings. The van der Waals surface area contributed by atoms with Crippen LogP contribution in [0, 0.1) is 0 Å². The van der Waals surface area contributed by atoms with Gasteiger partial charge in [0.05, 0.1) is 16.8 Å². The van der Waals surface area contributed by atoms with Gasteiger partial charge in [0.25, 0.3) is 0 Å². The second kappa shape index (κ2) is 6.19. The van der Waals surface area contributed by atoms with Crippen molar-refractivity contribution in [2.45, 2.75) is 19.8 Å². The Morgan fingerprint density at radius 1 is 1.40 bits per heavy atom. The Kier molecular flexibility index (Phi) is 4.13. The zero-order chi connectivity index (χ0) is 13.8. The Morgan fingerprint density at radius 2 is 2.35 bits per heavy atom. The van der Waals surface area contributed by atoms with Gasteiger partial charge < -0.3 is 9.73 Å². The molecule has 6 heteroatoms. The van der Waals surface area contributed by atoms with Gasteiger partial charge in [-0.1, -0.05) is 13.3 Å². The quantitative estimate of drug-likeness (QED) is 0.668. The molecular formula is C14H15N3OS2. The van der Waals surface area contributed by atoms with Crippen LogP contribution in [0.2, 0.25) is 0 Å². The van der Waals surface area contributed by atoms with E-state index in [1.165, 1.54) is 6.42 Å². The molecule has 0 unspecified atom stereocenters. The fourth-order valence-electron chi connectivity index (χ4n) is 1.75. The van der Waals surface area contributed by atoms with Gasteiger partial charge in [0.2, 0.25) is 0 Å². The summed E-state index contributed by atoms with van der Waals surface area (Å²) in [7, 11) is 0. The number of hydrogen-bond donors (Lipinski definition) is 1. The van der Waals surface area contributed by atoms with Crippen LogP contribution in [0.4, 0.5) is 5.13 Å². The maximum atomic E-state index is 5.36. The maximum absolute atomic E-state index is 5.36. The topological polar surface area (TPSA) is 51.0 Å². The summed E-state index contributed by atoms with van der Waals surface area (Å²) < 4.78 is 5.36. The number of furan rings is 1. The molecular weight excluding hydrogens is 290 g/mol. The van der Waals surface area contributed by atoms with Gasteiger partial charge in [0, 0.05) is 18.1 Å². The Morgan fingerprint density at radius 3 is 3.15 bits per heavy atom. The average Bonchev–Trinajstić information content (AvgIpc) is 3.19. The molecule has 0 aliphatic heterocycles. The maximum Gasteiger partial charge on any atom is 0.183 e. The van der Waals surface area contributed by atoms with Crippen molar-refractivity contribution in [2.75, 3.05) is 11.9 Å². The van der Waals surface area contributed by atoms with E-state index >= 15 is 0 Å². The van der Waals surface area contributed by atoms with Crippen molar-refractivity contribution in [2.24, 2.45) is 0 Å². The van der Waals surface area contributed by atoms with Gasteiger partial charge in [-0.05, 0) is 18.6 Å². The summed E-state index contributed by atoms with van der Waals surface area (Å²) in [5, 5.41) is 7.27. The first kappa shape index (κ1) is 13.3. The van der Waals surface area contributed by atoms with Crippen LogP contribution in [0.1, 0.15) is 19.8 Å². The Labute approximate surface area is 125 Å². The highest BCUT2D eigenvalue weighted by Gasteiger charge is 2.11. The van der Waals surface area contributed by atoms with E-state index in [4.69, 9.17) is 4.42 Å². The molecule has 0 aliphatic carbocycles. The number of nitrogens with zero attached hydrogens (tertiary/aromatic N) is 2. The van der Waals surface area contributed by atoms with E-state index in [1.54, 1.807) is 28.9 Å². The number of nitrogens with one attached hydrogen (secondary N) is 1. The molecule has 3 aromatic rings. The third kappa shape index (κ3) is 2.91. The van der Waals surface area contributed by atoms with Crippen LogP contribution in [0.15, 0.2) is 34.4 Å². The number of rotatable bonds is 6. The zero-order valence-corrected chi connectivity index (χ0v) is 12.8. The van der Waals surface area contributed by atoms with E-state index in [0.29, 0.717) is 0 Å². The van der Waals surface area contributed by atoms with Crippen LogP contribution in [0.3, 0.4) is 0 Å². The highest BCUT2D eigenvalue weighted by Crippen LogP contribution is 2.33. The standard InChI is InChI=1S/C14H15N3OS2/c1-2-3-6-15-14-17-10(9-19-14)12-8-16-13(20-12)11-5-4-7-18-11/h4-5,7-9H,2-3,6H2,1H3,(H,15,17). The molecule has 0 fully saturated rings. The molecule has 3 rings (SSSR count). The minimum absolute atomic E-state index is 0.803. The van der Waals surface area contributed by atoms with Crippen molar-refractivity contribution in [3.63, 3.8) is 0 Å². The third-order valence-electron chi connectivity index (χ3n) is 2.80. The van der Waals surface area contributed by atoms with Gasteiger partial charge in [0.1, 0.15) is 0 Å². The Balaban J connectivity index is 1.73. The second-order valence-corrected chi connectivity index (χ2v) is 6.21. The lowest BCUT2D eigenvalue weighted by molar-refractivity contribution is 0.582. The monoisotopic (exact) mass is 305 g/mol. The number of aromatic nitrogens is 2. The summed E-state index contributed by atoms with van der Waals surface area (Å²) in [5.74, 6) is 0.803. The van der Waals surface area contributed by atoms with Crippen LogP contribution >= 0.6 is 22.7 Å². The lowest BCUT2D eigenvalue weighted by atomic mass is 10.3. The zero-order valence-electron chi connectivity index (χ0n) is 11.1. The van der Waals surface area contributed by atoms with Crippen molar-refractivity contribution in [3.05, 3.63) is 30.0 Å². The van der Waals surface area contributed by atoms with Gasteiger partial charge in [-0.3, -0.25) is 0 Å². The predicted octanol–water partition coefficient (Wildman–Crippen LogP) is 4.74. The van der Waals surface area contributed by atoms with E-state index in [1.807, 2.05) is 18.3 Å². The molecule has 0 saturated heterocycles. The highest BCUT2D eigenvalue weighted by atomic mass is 32.1. The molecule has 1 N–H and O–H groups in total. The van der Waals surface area contributed by atoms with Crippen molar-refractivity contribution in [1.82, 2.24) is 9.97 Å². The molecule has 0 bridgehead atoms. The number of anilines is 1. The Hall–Kier alpha value is -1.66. The molecule has 0 radical (unpaired) electrons. The van der Waals surface area contributed by atoms with Gasteiger partial charge in [-0.2, -0.15) is 0 Å². The summed E-state index contributed by atoms with van der Waals surface area (Å²) in [6, 6.07) is 3.79. The van der Waals surface area contributed by atoms with E-state index in [-0.39, 0.29) is 0 Å². The second-order valence-electron chi connectivity index (χ2n) is 4.33. The fourth-order valence-corrected chi connectivity index (χ4v) is 3.41. The molecule has 4 nitrogen and oxygen atoms in total. The van der Waals surface area contributed by atoms with Crippen molar-refractivity contribution in [1.29, 1.82) is 0 Å². The summed E-state index contributed by atoms with van der Waals surface area (Å²) in [6.07, 6.45) is 5.87. The first-order valence-corrected chi connectivity index (χ1v) is 8.26. The fraction of sp³-hybridized carbons (Fsp3) is 0.286. The molecule has 104 valence electrons. The molecule has 0 aromatic carbocycles. The normalized spacial score (nSPS) is 10.8. The van der Waals surface area contributed by atoms with E-state index in [2.05, 4.69) is 27.6 Å². The summed E-state index contributed by atoms with van der Waals surface area (Å²) in [5.41, 5.74) is 0.976. The van der Waals surface area contributed by atoms with Crippen LogP contribution in [-0.4, -0.2) is 16.5 Å². The van der Waals surface area contributed by atoms with Crippen molar-refractivity contribution < 1.29 is 4.42 Å². The molecule has 3 aromatic heterocycles. The van der Waals surface area contributed by atoms with Crippen LogP contribution in [0.25, 0.3) is 21.3 Å². The number of unbranched alkanes of at least 4 members (excludes halogenated alkanes) is 1. The molecule has 0 spiro atoms. The van der Waals surface area contributed by atoms with Crippen LogP contribution in [-0.2, 0) is 0 Å². The molecule has 3 heterocycles. The van der Waals surface area contributed by atoms with Gasteiger partial charge in [-0.25, -0.2) is 9.97 Å². The summed E-state index contributed by atoms with van der Waals surface area (Å²) >= 11 is 3.23. The highest BCUT2D eigenvalue weighted by molar-refractivity contribution is 7.19. The first-order valence-electron chi connectivity index (χ1n) is 6.56. The number of thiazole rings is 2. The number of hydrogen-bond acceptors (Lipinski definition) is 6. The van der Waals surface area contributed by atoms with Gasteiger partial charge >= 0.3 is 0 Å². The van der Waals surface area contributed by atoms with Gasteiger partial charge in [0.15, 0.2) is 15.9 Å². The summed E-state index contributed by atoms with van der Waals surface area (Å²) in [6.45, 7) is 3.16. The Bertz CT molecular complexity index is 658. The van der Waals surface area contributed by atoms with Crippen molar-refractivity contribution in [3.8, 4) is 21.3 Å². The largest absolute Gasteiger partial charge is 0.462 e. The lowest BCUT2D eigenvalue weighted by Crippen LogP contribution is -1.99. The molecule has 20 heavy (non-hydrogen) atoms. The van der Waals surface area contributed by atoms with Gasteiger partial charge in [-0.15, -0.1) is 22.7 Å². The van der Waals surface area contributed by atoms with E-state index < -0.39 is 0 Å². The summed E-state index contributed by atoms with van der Waals surface area (Å²) in [4.78, 5) is 10.0. The first-order chi connectivity index (χ1) is 9.86. The molecule has 0 amide bonds. The molecule has 0 atom stereocenters. The minimum atomic E-state index is 0.803. The molecule has 0 saturated carbocycles. The van der Waals surface area contributed by atoms with E-state index in [0.717, 1.165) is 39.4 Å². The average molecular weight is 305 g/mol. The third-order valence-corrected chi connectivity index (χ3v) is 4.64. The minimum Gasteiger partial charge on any atom is -0.462 e. The SMILES string of the molecule is CCCCNc1nc(-c2cnc(-c3ccco3)s2)cs1. The van der Waals surface area contributed by atoms with Crippen LogP contribution in [0.5, 0.6) is 0 Å². The smallest absolute Gasteiger partial charge is 0.183 e. The predicted molar refractivity (Wildman–Crippen MR) is 84.3 cm³/mol. The van der Waals surface area contributed by atoms with E-state index in [9.17, 15) is 0 Å². The lowest BCUT2D eigenvalue weighted by Gasteiger charge is -1.98.